The van der Waals surface area contributed by atoms with E-state index >= 15 is 0 Å². The van der Waals surface area contributed by atoms with Crippen LogP contribution in [0.4, 0.5) is 5.69 Å². The number of aromatic nitrogens is 1. The van der Waals surface area contributed by atoms with Gasteiger partial charge in [-0.3, -0.25) is 0 Å². The number of carbonyl (C=O) groups is 1. The van der Waals surface area contributed by atoms with E-state index in [0.29, 0.717) is 17.1 Å². The number of nitrogens with one attached hydrogen (secondary N) is 1. The lowest BCUT2D eigenvalue weighted by molar-refractivity contribution is 0.0697. The Morgan fingerprint density at radius 3 is 2.80 bits per heavy atom. The zero-order valence-electron chi connectivity index (χ0n) is 8.07. The van der Waals surface area contributed by atoms with Crippen molar-refractivity contribution in [1.82, 2.24) is 4.98 Å². The van der Waals surface area contributed by atoms with Gasteiger partial charge in [0.1, 0.15) is 5.56 Å². The molecule has 2 aromatic heterocycles. The van der Waals surface area contributed by atoms with Gasteiger partial charge in [-0.2, -0.15) is 0 Å². The van der Waals surface area contributed by atoms with Crippen molar-refractivity contribution in [2.24, 2.45) is 0 Å². The lowest BCUT2D eigenvalue weighted by Crippen LogP contribution is -2.01. The molecule has 0 aliphatic carbocycles. The first-order valence-corrected chi connectivity index (χ1v) is 5.24. The minimum atomic E-state index is -0.996. The van der Waals surface area contributed by atoms with Crippen molar-refractivity contribution in [3.05, 3.63) is 28.8 Å². The average molecular weight is 222 g/mol. The number of nitrogen functional groups attached to an aromatic ring is 1. The molecule has 0 spiro atoms. The largest absolute Gasteiger partial charge is 0.478 e. The molecule has 2 heterocycles. The molecule has 0 aliphatic rings. The molecule has 2 aromatic rings. The van der Waals surface area contributed by atoms with Crippen LogP contribution in [0.2, 0.25) is 0 Å². The highest BCUT2D eigenvalue weighted by Crippen LogP contribution is 2.32. The van der Waals surface area contributed by atoms with Crippen LogP contribution in [0.3, 0.4) is 0 Å². The quantitative estimate of drug-likeness (QED) is 0.729. The first kappa shape index (κ1) is 9.79. The molecule has 4 N–H and O–H groups in total. The fraction of sp³-hybridized carbons (Fsp3) is 0.100. The number of anilines is 1. The number of aromatic carboxylic acids is 1. The second-order valence-corrected chi connectivity index (χ2v) is 4.14. The van der Waals surface area contributed by atoms with Gasteiger partial charge >= 0.3 is 5.97 Å². The number of rotatable bonds is 2. The van der Waals surface area contributed by atoms with Crippen molar-refractivity contribution in [2.75, 3.05) is 5.73 Å². The van der Waals surface area contributed by atoms with Crippen molar-refractivity contribution >= 4 is 23.0 Å². The summed E-state index contributed by atoms with van der Waals surface area (Å²) in [5.41, 5.74) is 7.54. The number of carboxylic acid groups (broad SMARTS) is 1. The van der Waals surface area contributed by atoms with Crippen LogP contribution in [-0.4, -0.2) is 16.1 Å². The average Bonchev–Trinajstić information content (AvgIpc) is 2.72. The number of aryl methyl sites for hydroxylation is 1. The molecule has 0 aliphatic heterocycles. The van der Waals surface area contributed by atoms with Gasteiger partial charge in [-0.25, -0.2) is 4.79 Å². The van der Waals surface area contributed by atoms with Crippen molar-refractivity contribution < 1.29 is 9.90 Å². The molecule has 0 radical (unpaired) electrons. The van der Waals surface area contributed by atoms with Crippen LogP contribution in [0.25, 0.3) is 10.6 Å². The second kappa shape index (κ2) is 3.43. The van der Waals surface area contributed by atoms with Gasteiger partial charge in [0.2, 0.25) is 0 Å². The fourth-order valence-corrected chi connectivity index (χ4v) is 2.27. The second-order valence-electron chi connectivity index (χ2n) is 3.20. The number of hydrogen-bond donors (Lipinski definition) is 3. The van der Waals surface area contributed by atoms with Crippen molar-refractivity contribution in [1.29, 1.82) is 0 Å². The van der Waals surface area contributed by atoms with E-state index in [9.17, 15) is 4.79 Å². The first-order valence-electron chi connectivity index (χ1n) is 4.36. The molecule has 15 heavy (non-hydrogen) atoms. The van der Waals surface area contributed by atoms with Gasteiger partial charge < -0.3 is 15.8 Å². The highest BCUT2D eigenvalue weighted by atomic mass is 32.1. The predicted octanol–water partition coefficient (Wildman–Crippen LogP) is 2.33. The van der Waals surface area contributed by atoms with E-state index in [1.807, 2.05) is 17.5 Å². The van der Waals surface area contributed by atoms with Gasteiger partial charge in [0.25, 0.3) is 0 Å². The van der Waals surface area contributed by atoms with Crippen LogP contribution < -0.4 is 5.73 Å². The van der Waals surface area contributed by atoms with E-state index in [-0.39, 0.29) is 5.56 Å². The van der Waals surface area contributed by atoms with Crippen LogP contribution in [0, 0.1) is 6.92 Å². The summed E-state index contributed by atoms with van der Waals surface area (Å²) < 4.78 is 0. The van der Waals surface area contributed by atoms with Gasteiger partial charge in [-0.15, -0.1) is 11.3 Å². The Morgan fingerprint density at radius 1 is 1.60 bits per heavy atom. The maximum atomic E-state index is 10.9. The van der Waals surface area contributed by atoms with Gasteiger partial charge in [0.05, 0.1) is 16.3 Å². The van der Waals surface area contributed by atoms with Gasteiger partial charge in [-0.05, 0) is 18.4 Å². The van der Waals surface area contributed by atoms with Gasteiger partial charge in [0, 0.05) is 5.69 Å². The standard InChI is InChI=1S/C10H10N2O2S/c1-5-7(10(13)14)8(11)9(12-5)6-3-2-4-15-6/h2-4,12H,11H2,1H3,(H,13,14). The summed E-state index contributed by atoms with van der Waals surface area (Å²) >= 11 is 1.52. The van der Waals surface area contributed by atoms with Gasteiger partial charge in [0.15, 0.2) is 0 Å². The number of carboxylic acids is 1. The molecule has 2 rings (SSSR count). The Labute approximate surface area is 90.4 Å². The highest BCUT2D eigenvalue weighted by molar-refractivity contribution is 7.13. The molecule has 0 amide bonds. The molecular weight excluding hydrogens is 212 g/mol. The molecular formula is C10H10N2O2S. The topological polar surface area (TPSA) is 79.1 Å². The third kappa shape index (κ3) is 1.50. The van der Waals surface area contributed by atoms with E-state index in [2.05, 4.69) is 4.98 Å². The zero-order valence-corrected chi connectivity index (χ0v) is 8.89. The van der Waals surface area contributed by atoms with E-state index in [1.165, 1.54) is 11.3 Å². The van der Waals surface area contributed by atoms with Crippen LogP contribution in [-0.2, 0) is 0 Å². The third-order valence-electron chi connectivity index (χ3n) is 2.21. The lowest BCUT2D eigenvalue weighted by Gasteiger charge is -1.95. The number of aromatic amines is 1. The number of H-pyrrole nitrogens is 1. The minimum absolute atomic E-state index is 0.165. The molecule has 0 aromatic carbocycles. The Morgan fingerprint density at radius 2 is 2.33 bits per heavy atom. The molecule has 0 fully saturated rings. The summed E-state index contributed by atoms with van der Waals surface area (Å²) in [6.07, 6.45) is 0. The Balaban J connectivity index is 2.61. The Bertz CT molecular complexity index is 500. The maximum absolute atomic E-state index is 10.9. The summed E-state index contributed by atoms with van der Waals surface area (Å²) in [7, 11) is 0. The van der Waals surface area contributed by atoms with Crippen molar-refractivity contribution in [3.8, 4) is 10.6 Å². The molecule has 0 saturated carbocycles. The van der Waals surface area contributed by atoms with Crippen LogP contribution in [0.15, 0.2) is 17.5 Å². The van der Waals surface area contributed by atoms with E-state index < -0.39 is 5.97 Å². The minimum Gasteiger partial charge on any atom is -0.478 e. The molecule has 0 unspecified atom stereocenters. The van der Waals surface area contributed by atoms with E-state index in [0.717, 1.165) is 4.88 Å². The predicted molar refractivity (Wildman–Crippen MR) is 60.2 cm³/mol. The maximum Gasteiger partial charge on any atom is 0.339 e. The van der Waals surface area contributed by atoms with Crippen molar-refractivity contribution in [2.45, 2.75) is 6.92 Å². The molecule has 0 bridgehead atoms. The number of hydrogen-bond acceptors (Lipinski definition) is 3. The summed E-state index contributed by atoms with van der Waals surface area (Å²) in [5.74, 6) is -0.996. The molecule has 0 saturated heterocycles. The SMILES string of the molecule is Cc1[nH]c(-c2cccs2)c(N)c1C(=O)O. The third-order valence-corrected chi connectivity index (χ3v) is 3.09. The smallest absolute Gasteiger partial charge is 0.339 e. The highest BCUT2D eigenvalue weighted by Gasteiger charge is 2.19. The molecule has 0 atom stereocenters. The summed E-state index contributed by atoms with van der Waals surface area (Å²) in [6, 6.07) is 3.80. The summed E-state index contributed by atoms with van der Waals surface area (Å²) in [6.45, 7) is 1.71. The monoisotopic (exact) mass is 222 g/mol. The molecule has 5 heteroatoms. The van der Waals surface area contributed by atoms with Crippen LogP contribution >= 0.6 is 11.3 Å². The van der Waals surface area contributed by atoms with Crippen LogP contribution in [0.5, 0.6) is 0 Å². The molecule has 4 nitrogen and oxygen atoms in total. The summed E-state index contributed by atoms with van der Waals surface area (Å²) in [4.78, 5) is 14.9. The first-order chi connectivity index (χ1) is 7.11. The number of thiophene rings is 1. The normalized spacial score (nSPS) is 10.5. The van der Waals surface area contributed by atoms with Gasteiger partial charge in [-0.1, -0.05) is 6.07 Å². The van der Waals surface area contributed by atoms with Crippen LogP contribution in [0.1, 0.15) is 16.1 Å². The Hall–Kier alpha value is -1.75. The summed E-state index contributed by atoms with van der Waals surface area (Å²) in [5, 5.41) is 10.9. The van der Waals surface area contributed by atoms with Crippen molar-refractivity contribution in [3.63, 3.8) is 0 Å². The van der Waals surface area contributed by atoms with E-state index in [4.69, 9.17) is 10.8 Å². The Kier molecular flexibility index (Phi) is 2.24. The fourth-order valence-electron chi connectivity index (χ4n) is 1.54. The molecule has 78 valence electrons. The zero-order chi connectivity index (χ0) is 11.0. The van der Waals surface area contributed by atoms with E-state index in [1.54, 1.807) is 6.92 Å². The number of nitrogens with two attached hydrogens (primary N) is 1. The lowest BCUT2D eigenvalue weighted by atomic mass is 10.2.